The van der Waals surface area contributed by atoms with Crippen LogP contribution in [-0.2, 0) is 14.8 Å². The van der Waals surface area contributed by atoms with Crippen molar-refractivity contribution in [3.8, 4) is 0 Å². The van der Waals surface area contributed by atoms with Crippen LogP contribution >= 0.6 is 12.6 Å². The molecule has 0 radical (unpaired) electrons. The summed E-state index contributed by atoms with van der Waals surface area (Å²) < 4.78 is 33.7. The van der Waals surface area contributed by atoms with Gasteiger partial charge in [0.15, 0.2) is 0 Å². The van der Waals surface area contributed by atoms with Crippen molar-refractivity contribution in [2.75, 3.05) is 32.8 Å². The summed E-state index contributed by atoms with van der Waals surface area (Å²) in [5, 5.41) is 3.32. The Morgan fingerprint density at radius 2 is 1.71 bits per heavy atom. The summed E-state index contributed by atoms with van der Waals surface area (Å²) in [5.74, 6) is 0.382. The van der Waals surface area contributed by atoms with Gasteiger partial charge in [0.1, 0.15) is 0 Å². The zero-order valence-electron chi connectivity index (χ0n) is 13.9. The van der Waals surface area contributed by atoms with E-state index in [9.17, 15) is 8.42 Å². The zero-order valence-corrected chi connectivity index (χ0v) is 15.6. The van der Waals surface area contributed by atoms with E-state index in [1.807, 2.05) is 0 Å². The van der Waals surface area contributed by atoms with E-state index in [1.54, 1.807) is 28.6 Å². The summed E-state index contributed by atoms with van der Waals surface area (Å²) in [7, 11) is -3.49. The first-order valence-electron chi connectivity index (χ1n) is 8.67. The molecule has 1 aromatic rings. The first-order valence-corrected chi connectivity index (χ1v) is 10.6. The smallest absolute Gasteiger partial charge is 0.243 e. The van der Waals surface area contributed by atoms with Crippen molar-refractivity contribution in [2.45, 2.75) is 41.5 Å². The Labute approximate surface area is 150 Å². The van der Waals surface area contributed by atoms with Gasteiger partial charge in [0.2, 0.25) is 10.0 Å². The number of nitrogens with one attached hydrogen (secondary N) is 1. The molecule has 2 saturated heterocycles. The SMILES string of the molecule is O=S(=O)(c1ccc(S)cc1)N(CC1CCOCC1)C1CCNCC1. The van der Waals surface area contributed by atoms with Gasteiger partial charge in [0.05, 0.1) is 4.90 Å². The average molecular weight is 371 g/mol. The molecule has 0 unspecified atom stereocenters. The van der Waals surface area contributed by atoms with Gasteiger partial charge in [-0.05, 0) is 69.0 Å². The van der Waals surface area contributed by atoms with Crippen LogP contribution < -0.4 is 5.32 Å². The molecule has 0 aliphatic carbocycles. The maximum atomic E-state index is 13.3. The average Bonchev–Trinajstić information content (AvgIpc) is 2.61. The highest BCUT2D eigenvalue weighted by atomic mass is 32.2. The minimum Gasteiger partial charge on any atom is -0.381 e. The molecule has 5 nitrogen and oxygen atoms in total. The summed E-state index contributed by atoms with van der Waals surface area (Å²) in [5.41, 5.74) is 0. The molecule has 0 spiro atoms. The van der Waals surface area contributed by atoms with Crippen molar-refractivity contribution >= 4 is 22.7 Å². The number of sulfonamides is 1. The fraction of sp³-hybridized carbons (Fsp3) is 0.647. The lowest BCUT2D eigenvalue weighted by atomic mass is 9.99. The van der Waals surface area contributed by atoms with Crippen molar-refractivity contribution < 1.29 is 13.2 Å². The van der Waals surface area contributed by atoms with E-state index in [0.717, 1.165) is 56.9 Å². The maximum Gasteiger partial charge on any atom is 0.243 e. The molecule has 2 aliphatic rings. The number of thiol groups is 1. The maximum absolute atomic E-state index is 13.3. The van der Waals surface area contributed by atoms with Crippen molar-refractivity contribution in [3.63, 3.8) is 0 Å². The van der Waals surface area contributed by atoms with Crippen LogP contribution in [0.15, 0.2) is 34.1 Å². The number of benzene rings is 1. The van der Waals surface area contributed by atoms with E-state index in [0.29, 0.717) is 17.4 Å². The predicted molar refractivity (Wildman–Crippen MR) is 97.0 cm³/mol. The molecule has 2 aliphatic heterocycles. The summed E-state index contributed by atoms with van der Waals surface area (Å²) in [6.45, 7) is 3.82. The molecule has 1 N–H and O–H groups in total. The van der Waals surface area contributed by atoms with E-state index in [-0.39, 0.29) is 6.04 Å². The second-order valence-electron chi connectivity index (χ2n) is 6.61. The van der Waals surface area contributed by atoms with Crippen molar-refractivity contribution in [2.24, 2.45) is 5.92 Å². The van der Waals surface area contributed by atoms with Gasteiger partial charge >= 0.3 is 0 Å². The molecule has 1 aromatic carbocycles. The van der Waals surface area contributed by atoms with Gasteiger partial charge in [0, 0.05) is 30.7 Å². The molecule has 2 heterocycles. The van der Waals surface area contributed by atoms with E-state index >= 15 is 0 Å². The zero-order chi connectivity index (χ0) is 17.0. The van der Waals surface area contributed by atoms with Crippen LogP contribution in [0.4, 0.5) is 0 Å². The molecule has 0 amide bonds. The topological polar surface area (TPSA) is 58.6 Å². The van der Waals surface area contributed by atoms with Gasteiger partial charge < -0.3 is 10.1 Å². The predicted octanol–water partition coefficient (Wildman–Crippen LogP) is 2.14. The van der Waals surface area contributed by atoms with Crippen LogP contribution in [0.25, 0.3) is 0 Å². The lowest BCUT2D eigenvalue weighted by Gasteiger charge is -2.36. The van der Waals surface area contributed by atoms with Crippen LogP contribution in [0.3, 0.4) is 0 Å². The van der Waals surface area contributed by atoms with Crippen molar-refractivity contribution in [1.82, 2.24) is 9.62 Å². The van der Waals surface area contributed by atoms with Gasteiger partial charge in [-0.15, -0.1) is 12.6 Å². The Morgan fingerprint density at radius 1 is 1.08 bits per heavy atom. The molecule has 0 bridgehead atoms. The molecule has 3 rings (SSSR count). The van der Waals surface area contributed by atoms with Gasteiger partial charge in [-0.1, -0.05) is 0 Å². The monoisotopic (exact) mass is 370 g/mol. The number of ether oxygens (including phenoxy) is 1. The second kappa shape index (κ2) is 8.19. The number of hydrogen-bond acceptors (Lipinski definition) is 5. The highest BCUT2D eigenvalue weighted by Gasteiger charge is 2.34. The molecule has 7 heteroatoms. The van der Waals surface area contributed by atoms with Crippen LogP contribution in [0.5, 0.6) is 0 Å². The summed E-state index contributed by atoms with van der Waals surface area (Å²) in [6, 6.07) is 6.89. The molecule has 24 heavy (non-hydrogen) atoms. The summed E-state index contributed by atoms with van der Waals surface area (Å²) in [4.78, 5) is 1.14. The Morgan fingerprint density at radius 3 is 2.33 bits per heavy atom. The first-order chi connectivity index (χ1) is 11.6. The number of hydrogen-bond donors (Lipinski definition) is 2. The second-order valence-corrected chi connectivity index (χ2v) is 9.01. The fourth-order valence-corrected chi connectivity index (χ4v) is 5.39. The molecule has 2 fully saturated rings. The van der Waals surface area contributed by atoms with E-state index < -0.39 is 10.0 Å². The molecule has 134 valence electrons. The van der Waals surface area contributed by atoms with E-state index in [1.165, 1.54) is 0 Å². The third kappa shape index (κ3) is 4.32. The van der Waals surface area contributed by atoms with Crippen molar-refractivity contribution in [1.29, 1.82) is 0 Å². The Kier molecular flexibility index (Phi) is 6.21. The number of rotatable bonds is 5. The van der Waals surface area contributed by atoms with Gasteiger partial charge in [-0.2, -0.15) is 4.31 Å². The molecular formula is C17H26N2O3S2. The summed E-state index contributed by atoms with van der Waals surface area (Å²) in [6.07, 6.45) is 3.61. The molecule has 0 saturated carbocycles. The third-order valence-corrected chi connectivity index (χ3v) is 7.17. The van der Waals surface area contributed by atoms with E-state index in [2.05, 4.69) is 17.9 Å². The molecular weight excluding hydrogens is 344 g/mol. The lowest BCUT2D eigenvalue weighted by Crippen LogP contribution is -2.48. The van der Waals surface area contributed by atoms with Crippen LogP contribution in [0.2, 0.25) is 0 Å². The van der Waals surface area contributed by atoms with Crippen LogP contribution in [0, 0.1) is 5.92 Å². The van der Waals surface area contributed by atoms with Crippen LogP contribution in [0.1, 0.15) is 25.7 Å². The van der Waals surface area contributed by atoms with Gasteiger partial charge in [-0.3, -0.25) is 0 Å². The number of piperidine rings is 1. The third-order valence-electron chi connectivity index (χ3n) is 4.94. The largest absolute Gasteiger partial charge is 0.381 e. The number of nitrogens with zero attached hydrogens (tertiary/aromatic N) is 1. The molecule has 0 aromatic heterocycles. The quantitative estimate of drug-likeness (QED) is 0.780. The minimum atomic E-state index is -3.49. The molecule has 0 atom stereocenters. The normalized spacial score (nSPS) is 21.2. The standard InChI is InChI=1S/C17H26N2O3S2/c20-24(21,17-3-1-16(23)2-4-17)19(15-5-9-18-10-6-15)13-14-7-11-22-12-8-14/h1-4,14-15,18,23H,5-13H2. The first kappa shape index (κ1) is 18.2. The Hall–Kier alpha value is -0.600. The van der Waals surface area contributed by atoms with Crippen LogP contribution in [-0.4, -0.2) is 51.6 Å². The highest BCUT2D eigenvalue weighted by molar-refractivity contribution is 7.89. The van der Waals surface area contributed by atoms with E-state index in [4.69, 9.17) is 4.74 Å². The van der Waals surface area contributed by atoms with Crippen molar-refractivity contribution in [3.05, 3.63) is 24.3 Å². The van der Waals surface area contributed by atoms with Gasteiger partial charge in [-0.25, -0.2) is 8.42 Å². The fourth-order valence-electron chi connectivity index (χ4n) is 3.48. The lowest BCUT2D eigenvalue weighted by molar-refractivity contribution is 0.0564. The highest BCUT2D eigenvalue weighted by Crippen LogP contribution is 2.27. The Bertz CT molecular complexity index is 622. The Balaban J connectivity index is 1.85. The van der Waals surface area contributed by atoms with Gasteiger partial charge in [0.25, 0.3) is 0 Å². The minimum absolute atomic E-state index is 0.0785. The summed E-state index contributed by atoms with van der Waals surface area (Å²) >= 11 is 4.26.